The van der Waals surface area contributed by atoms with Crippen molar-refractivity contribution in [3.63, 3.8) is 0 Å². The minimum Gasteiger partial charge on any atom is -0.366 e. The summed E-state index contributed by atoms with van der Waals surface area (Å²) < 4.78 is 0. The molecule has 0 atom stereocenters. The Bertz CT molecular complexity index is 1020. The van der Waals surface area contributed by atoms with Gasteiger partial charge in [-0.3, -0.25) is 4.79 Å². The molecule has 3 rings (SSSR count). The third-order valence-corrected chi connectivity index (χ3v) is 3.88. The van der Waals surface area contributed by atoms with Crippen LogP contribution in [0.4, 0.5) is 11.5 Å². The monoisotopic (exact) mass is 357 g/mol. The number of anilines is 2. The quantitative estimate of drug-likeness (QED) is 0.724. The standard InChI is InChI=1S/C21H19N5O/c1-14-5-3-7-17(9-14)13-23-20-11-19(24-15(2)25-20)21(27)26-18-8-4-6-16(10-18)12-22/h3-11H,13H2,1-2H3,(H,26,27)(H,23,24,25). The van der Waals surface area contributed by atoms with Gasteiger partial charge < -0.3 is 10.6 Å². The highest BCUT2D eigenvalue weighted by molar-refractivity contribution is 6.03. The highest BCUT2D eigenvalue weighted by atomic mass is 16.1. The number of nitriles is 1. The molecule has 6 nitrogen and oxygen atoms in total. The van der Waals surface area contributed by atoms with Gasteiger partial charge in [0.25, 0.3) is 5.91 Å². The molecule has 0 unspecified atom stereocenters. The van der Waals surface area contributed by atoms with Gasteiger partial charge in [0.1, 0.15) is 17.3 Å². The maximum atomic E-state index is 12.5. The van der Waals surface area contributed by atoms with E-state index in [4.69, 9.17) is 5.26 Å². The summed E-state index contributed by atoms with van der Waals surface area (Å²) in [7, 11) is 0. The molecule has 6 heteroatoms. The van der Waals surface area contributed by atoms with Crippen LogP contribution in [-0.2, 0) is 6.54 Å². The molecular formula is C21H19N5O. The highest BCUT2D eigenvalue weighted by Gasteiger charge is 2.11. The van der Waals surface area contributed by atoms with Crippen molar-refractivity contribution < 1.29 is 4.79 Å². The average molecular weight is 357 g/mol. The van der Waals surface area contributed by atoms with Gasteiger partial charge in [-0.25, -0.2) is 9.97 Å². The van der Waals surface area contributed by atoms with Gasteiger partial charge in [0.2, 0.25) is 0 Å². The number of hydrogen-bond acceptors (Lipinski definition) is 5. The topological polar surface area (TPSA) is 90.7 Å². The Hall–Kier alpha value is -3.72. The number of nitrogens with one attached hydrogen (secondary N) is 2. The van der Waals surface area contributed by atoms with E-state index < -0.39 is 0 Å². The Morgan fingerprint density at radius 1 is 1.07 bits per heavy atom. The smallest absolute Gasteiger partial charge is 0.274 e. The van der Waals surface area contributed by atoms with E-state index in [1.54, 1.807) is 37.3 Å². The number of amides is 1. The van der Waals surface area contributed by atoms with Crippen molar-refractivity contribution in [2.75, 3.05) is 10.6 Å². The minimum atomic E-state index is -0.353. The number of hydrogen-bond donors (Lipinski definition) is 2. The first-order valence-electron chi connectivity index (χ1n) is 8.50. The van der Waals surface area contributed by atoms with Gasteiger partial charge >= 0.3 is 0 Å². The molecular weight excluding hydrogens is 338 g/mol. The summed E-state index contributed by atoms with van der Waals surface area (Å²) in [6.45, 7) is 4.39. The Balaban J connectivity index is 1.74. The fourth-order valence-electron chi connectivity index (χ4n) is 2.65. The van der Waals surface area contributed by atoms with Gasteiger partial charge in [0, 0.05) is 18.3 Å². The number of aryl methyl sites for hydroxylation is 2. The summed E-state index contributed by atoms with van der Waals surface area (Å²) >= 11 is 0. The summed E-state index contributed by atoms with van der Waals surface area (Å²) in [5.74, 6) is 0.731. The van der Waals surface area contributed by atoms with Crippen LogP contribution < -0.4 is 10.6 Å². The fourth-order valence-corrected chi connectivity index (χ4v) is 2.65. The predicted octanol–water partition coefficient (Wildman–Crippen LogP) is 3.83. The second-order valence-electron chi connectivity index (χ2n) is 6.17. The molecule has 0 aliphatic carbocycles. The highest BCUT2D eigenvalue weighted by Crippen LogP contribution is 2.14. The Morgan fingerprint density at radius 2 is 1.89 bits per heavy atom. The lowest BCUT2D eigenvalue weighted by Gasteiger charge is -2.10. The number of carbonyl (C=O) groups is 1. The summed E-state index contributed by atoms with van der Waals surface area (Å²) in [6, 6.07) is 18.6. The molecule has 0 radical (unpaired) electrons. The number of nitrogens with zero attached hydrogens (tertiary/aromatic N) is 3. The molecule has 2 N–H and O–H groups in total. The zero-order valence-electron chi connectivity index (χ0n) is 15.2. The molecule has 1 aromatic heterocycles. The largest absolute Gasteiger partial charge is 0.366 e. The maximum absolute atomic E-state index is 12.5. The van der Waals surface area contributed by atoms with E-state index in [1.165, 1.54) is 5.56 Å². The normalized spacial score (nSPS) is 10.1. The average Bonchev–Trinajstić information content (AvgIpc) is 2.66. The molecule has 2 aromatic carbocycles. The molecule has 1 heterocycles. The molecule has 0 saturated heterocycles. The van der Waals surface area contributed by atoms with Crippen molar-refractivity contribution in [3.05, 3.63) is 82.8 Å². The van der Waals surface area contributed by atoms with E-state index in [-0.39, 0.29) is 11.6 Å². The van der Waals surface area contributed by atoms with Gasteiger partial charge in [-0.1, -0.05) is 35.9 Å². The molecule has 0 spiro atoms. The predicted molar refractivity (Wildman–Crippen MR) is 104 cm³/mol. The summed E-state index contributed by atoms with van der Waals surface area (Å²) in [5, 5.41) is 15.0. The molecule has 0 aliphatic heterocycles. The van der Waals surface area contributed by atoms with Crippen molar-refractivity contribution in [3.8, 4) is 6.07 Å². The van der Waals surface area contributed by atoms with Gasteiger partial charge in [-0.05, 0) is 37.6 Å². The third kappa shape index (κ3) is 4.89. The first kappa shape index (κ1) is 18.1. The molecule has 0 saturated carbocycles. The van der Waals surface area contributed by atoms with E-state index in [2.05, 4.69) is 26.7 Å². The first-order chi connectivity index (χ1) is 13.0. The van der Waals surface area contributed by atoms with Crippen LogP contribution in [0, 0.1) is 25.2 Å². The zero-order chi connectivity index (χ0) is 19.2. The lowest BCUT2D eigenvalue weighted by Crippen LogP contribution is -2.16. The van der Waals surface area contributed by atoms with E-state index in [9.17, 15) is 4.79 Å². The number of carbonyl (C=O) groups excluding carboxylic acids is 1. The molecule has 3 aromatic rings. The van der Waals surface area contributed by atoms with Crippen molar-refractivity contribution in [1.29, 1.82) is 5.26 Å². The number of rotatable bonds is 5. The summed E-state index contributed by atoms with van der Waals surface area (Å²) in [6.07, 6.45) is 0. The van der Waals surface area contributed by atoms with Crippen molar-refractivity contribution in [2.24, 2.45) is 0 Å². The van der Waals surface area contributed by atoms with Crippen LogP contribution in [0.25, 0.3) is 0 Å². The number of benzene rings is 2. The Labute approximate surface area is 157 Å². The van der Waals surface area contributed by atoms with Crippen LogP contribution in [0.2, 0.25) is 0 Å². The van der Waals surface area contributed by atoms with E-state index in [1.807, 2.05) is 31.2 Å². The van der Waals surface area contributed by atoms with Crippen LogP contribution in [0.15, 0.2) is 54.6 Å². The zero-order valence-corrected chi connectivity index (χ0v) is 15.2. The molecule has 0 aliphatic rings. The second-order valence-corrected chi connectivity index (χ2v) is 6.17. The van der Waals surface area contributed by atoms with Gasteiger partial charge in [-0.15, -0.1) is 0 Å². The van der Waals surface area contributed by atoms with Crippen LogP contribution >= 0.6 is 0 Å². The molecule has 1 amide bonds. The van der Waals surface area contributed by atoms with Crippen molar-refractivity contribution in [2.45, 2.75) is 20.4 Å². The second kappa shape index (κ2) is 8.11. The van der Waals surface area contributed by atoms with Crippen molar-refractivity contribution in [1.82, 2.24) is 9.97 Å². The minimum absolute atomic E-state index is 0.261. The molecule has 27 heavy (non-hydrogen) atoms. The summed E-state index contributed by atoms with van der Waals surface area (Å²) in [4.78, 5) is 21.1. The van der Waals surface area contributed by atoms with E-state index in [0.29, 0.717) is 29.4 Å². The maximum Gasteiger partial charge on any atom is 0.274 e. The lowest BCUT2D eigenvalue weighted by atomic mass is 10.1. The van der Waals surface area contributed by atoms with Crippen LogP contribution in [-0.4, -0.2) is 15.9 Å². The molecule has 0 bridgehead atoms. The Kier molecular flexibility index (Phi) is 5.43. The fraction of sp³-hybridized carbons (Fsp3) is 0.143. The number of aromatic nitrogens is 2. The van der Waals surface area contributed by atoms with Gasteiger partial charge in [0.15, 0.2) is 0 Å². The van der Waals surface area contributed by atoms with E-state index >= 15 is 0 Å². The van der Waals surface area contributed by atoms with E-state index in [0.717, 1.165) is 5.56 Å². The van der Waals surface area contributed by atoms with Gasteiger partial charge in [-0.2, -0.15) is 5.26 Å². The Morgan fingerprint density at radius 3 is 2.67 bits per heavy atom. The molecule has 0 fully saturated rings. The SMILES string of the molecule is Cc1cccc(CNc2cc(C(=O)Nc3cccc(C#N)c3)nc(C)n2)c1. The van der Waals surface area contributed by atoms with Crippen LogP contribution in [0.5, 0.6) is 0 Å². The van der Waals surface area contributed by atoms with Crippen molar-refractivity contribution >= 4 is 17.4 Å². The third-order valence-electron chi connectivity index (χ3n) is 3.88. The van der Waals surface area contributed by atoms with Gasteiger partial charge in [0.05, 0.1) is 11.6 Å². The van der Waals surface area contributed by atoms with Crippen LogP contribution in [0.1, 0.15) is 33.0 Å². The van der Waals surface area contributed by atoms with Crippen LogP contribution in [0.3, 0.4) is 0 Å². The lowest BCUT2D eigenvalue weighted by molar-refractivity contribution is 0.102. The first-order valence-corrected chi connectivity index (χ1v) is 8.50. The molecule has 134 valence electrons. The summed E-state index contributed by atoms with van der Waals surface area (Å²) in [5.41, 5.74) is 3.60.